The topological polar surface area (TPSA) is 83.0 Å². The molecule has 0 saturated carbocycles. The lowest BCUT2D eigenvalue weighted by Gasteiger charge is -2.40. The van der Waals surface area contributed by atoms with Crippen molar-refractivity contribution in [3.05, 3.63) is 53.7 Å². The van der Waals surface area contributed by atoms with Crippen molar-refractivity contribution in [3.63, 3.8) is 0 Å². The minimum absolute atomic E-state index is 0.0905. The van der Waals surface area contributed by atoms with E-state index in [4.69, 9.17) is 5.73 Å². The molecule has 0 aliphatic carbocycles. The monoisotopic (exact) mass is 468 g/mol. The number of carbonyl (C=O) groups excluding carboxylic acids is 1. The second-order valence-electron chi connectivity index (χ2n) is 8.24. The summed E-state index contributed by atoms with van der Waals surface area (Å²) in [4.78, 5) is 16.8. The van der Waals surface area contributed by atoms with E-state index in [9.17, 15) is 32.0 Å². The molecule has 0 spiro atoms. The molecule has 2 N–H and O–H groups in total. The van der Waals surface area contributed by atoms with Gasteiger partial charge >= 0.3 is 12.1 Å². The predicted molar refractivity (Wildman–Crippen MR) is 113 cm³/mol. The van der Waals surface area contributed by atoms with Crippen LogP contribution in [0, 0.1) is 24.2 Å². The summed E-state index contributed by atoms with van der Waals surface area (Å²) in [6.45, 7) is 4.32. The highest BCUT2D eigenvalue weighted by atomic mass is 19.4. The van der Waals surface area contributed by atoms with E-state index in [0.29, 0.717) is 16.2 Å². The lowest BCUT2D eigenvalue weighted by Crippen LogP contribution is -2.56. The molecular weight excluding hydrogens is 443 g/mol. The second-order valence-corrected chi connectivity index (χ2v) is 8.24. The van der Waals surface area contributed by atoms with E-state index in [1.54, 1.807) is 38.2 Å². The van der Waals surface area contributed by atoms with Crippen molar-refractivity contribution >= 4 is 5.91 Å². The maximum absolute atomic E-state index is 14.8. The van der Waals surface area contributed by atoms with Crippen LogP contribution in [0.3, 0.4) is 0 Å². The summed E-state index contributed by atoms with van der Waals surface area (Å²) < 4.78 is 70.2. The molecule has 2 rings (SSSR count). The minimum atomic E-state index is -5.93. The van der Waals surface area contributed by atoms with Gasteiger partial charge in [-0.1, -0.05) is 44.2 Å². The Morgan fingerprint density at radius 2 is 1.73 bits per heavy atom. The standard InChI is InChI=1S/C23H25F5N4O/c1-14(2)12-19(21(30)33)32(11-10-29)20(22(24,25)23(26,27)28)17-7-5-16(6-8-17)18-9-4-15(3)13-31-18/h4-9,13-14,19-20H,11-12H2,1-3H3,(H2,30,33)/t19-,20-/m0/s1. The summed E-state index contributed by atoms with van der Waals surface area (Å²) in [5.41, 5.74) is 6.88. The molecule has 0 aliphatic heterocycles. The quantitative estimate of drug-likeness (QED) is 0.414. The Kier molecular flexibility index (Phi) is 8.14. The molecule has 178 valence electrons. The fourth-order valence-corrected chi connectivity index (χ4v) is 3.56. The summed E-state index contributed by atoms with van der Waals surface area (Å²) >= 11 is 0. The molecule has 0 unspecified atom stereocenters. The molecule has 2 atom stereocenters. The first-order valence-electron chi connectivity index (χ1n) is 10.2. The van der Waals surface area contributed by atoms with Crippen molar-refractivity contribution < 1.29 is 26.7 Å². The highest BCUT2D eigenvalue weighted by Crippen LogP contribution is 2.48. The Bertz CT molecular complexity index is 982. The number of aromatic nitrogens is 1. The third kappa shape index (κ3) is 6.05. The van der Waals surface area contributed by atoms with Crippen molar-refractivity contribution in [2.75, 3.05) is 6.54 Å². The van der Waals surface area contributed by atoms with Crippen LogP contribution < -0.4 is 5.73 Å². The van der Waals surface area contributed by atoms with Crippen molar-refractivity contribution in [2.45, 2.75) is 51.4 Å². The van der Waals surface area contributed by atoms with Crippen molar-refractivity contribution in [2.24, 2.45) is 11.7 Å². The normalized spacial score (nSPS) is 14.2. The Hall–Kier alpha value is -3.06. The fourth-order valence-electron chi connectivity index (χ4n) is 3.56. The van der Waals surface area contributed by atoms with E-state index in [2.05, 4.69) is 4.98 Å². The van der Waals surface area contributed by atoms with Gasteiger partial charge in [0.05, 0.1) is 24.3 Å². The molecule has 0 fully saturated rings. The summed E-state index contributed by atoms with van der Waals surface area (Å²) in [7, 11) is 0. The van der Waals surface area contributed by atoms with E-state index in [-0.39, 0.29) is 12.3 Å². The largest absolute Gasteiger partial charge is 0.455 e. The average molecular weight is 468 g/mol. The van der Waals surface area contributed by atoms with E-state index in [1.807, 2.05) is 6.92 Å². The number of pyridine rings is 1. The van der Waals surface area contributed by atoms with Crippen LogP contribution in [0.25, 0.3) is 11.3 Å². The van der Waals surface area contributed by atoms with Gasteiger partial charge in [0.25, 0.3) is 0 Å². The van der Waals surface area contributed by atoms with Gasteiger partial charge in [-0.05, 0) is 36.5 Å². The number of alkyl halides is 5. The first-order valence-corrected chi connectivity index (χ1v) is 10.2. The number of carbonyl (C=O) groups is 1. The Morgan fingerprint density at radius 3 is 2.15 bits per heavy atom. The number of rotatable bonds is 9. The molecule has 0 saturated heterocycles. The highest BCUT2D eigenvalue weighted by Gasteiger charge is 2.65. The van der Waals surface area contributed by atoms with Crippen molar-refractivity contribution in [1.82, 2.24) is 9.88 Å². The molecule has 0 aliphatic rings. The molecule has 5 nitrogen and oxygen atoms in total. The number of benzene rings is 1. The Morgan fingerprint density at radius 1 is 1.12 bits per heavy atom. The van der Waals surface area contributed by atoms with Crippen molar-refractivity contribution in [1.29, 1.82) is 5.26 Å². The SMILES string of the molecule is Cc1ccc(-c2ccc([C@H](N(CC#N)[C@@H](CC(C)C)C(N)=O)C(F)(F)C(F)(F)F)cc2)nc1. The molecule has 0 bridgehead atoms. The van der Waals surface area contributed by atoms with Gasteiger partial charge in [0.15, 0.2) is 0 Å². The highest BCUT2D eigenvalue weighted by molar-refractivity contribution is 5.80. The maximum atomic E-state index is 14.8. The van der Waals surface area contributed by atoms with Crippen LogP contribution >= 0.6 is 0 Å². The molecule has 0 radical (unpaired) electrons. The minimum Gasteiger partial charge on any atom is -0.368 e. The van der Waals surface area contributed by atoms with E-state index < -0.39 is 42.2 Å². The molecule has 1 aromatic carbocycles. The predicted octanol–water partition coefficient (Wildman–Crippen LogP) is 5.02. The van der Waals surface area contributed by atoms with Gasteiger partial charge in [0.1, 0.15) is 6.04 Å². The van der Waals surface area contributed by atoms with Gasteiger partial charge in [-0.15, -0.1) is 0 Å². The summed E-state index contributed by atoms with van der Waals surface area (Å²) in [5, 5.41) is 9.20. The molecule has 1 heterocycles. The second kappa shape index (κ2) is 10.3. The van der Waals surface area contributed by atoms with Crippen molar-refractivity contribution in [3.8, 4) is 17.3 Å². The first kappa shape index (κ1) is 26.2. The van der Waals surface area contributed by atoms with Gasteiger partial charge in [-0.2, -0.15) is 27.2 Å². The third-order valence-electron chi connectivity index (χ3n) is 5.16. The molecular formula is C23H25F5N4O. The summed E-state index contributed by atoms with van der Waals surface area (Å²) in [6.07, 6.45) is -4.42. The maximum Gasteiger partial charge on any atom is 0.455 e. The van der Waals surface area contributed by atoms with Crippen LogP contribution in [-0.4, -0.2) is 40.5 Å². The smallest absolute Gasteiger partial charge is 0.368 e. The van der Waals surface area contributed by atoms with E-state index in [0.717, 1.165) is 17.7 Å². The zero-order valence-corrected chi connectivity index (χ0v) is 18.4. The number of hydrogen-bond acceptors (Lipinski definition) is 4. The van der Waals surface area contributed by atoms with Crippen LogP contribution in [0.4, 0.5) is 22.0 Å². The van der Waals surface area contributed by atoms with Crippen LogP contribution in [0.5, 0.6) is 0 Å². The Balaban J connectivity index is 2.63. The summed E-state index contributed by atoms with van der Waals surface area (Å²) in [6, 6.07) is 5.95. The molecule has 2 aromatic rings. The van der Waals surface area contributed by atoms with Gasteiger partial charge in [-0.25, -0.2) is 0 Å². The molecule has 33 heavy (non-hydrogen) atoms. The number of amides is 1. The fraction of sp³-hybridized carbons (Fsp3) is 0.435. The van der Waals surface area contributed by atoms with Gasteiger partial charge in [0.2, 0.25) is 5.91 Å². The lowest BCUT2D eigenvalue weighted by atomic mass is 9.92. The number of hydrogen-bond donors (Lipinski definition) is 1. The first-order chi connectivity index (χ1) is 15.3. The number of nitrogens with two attached hydrogens (primary N) is 1. The lowest BCUT2D eigenvalue weighted by molar-refractivity contribution is -0.306. The van der Waals surface area contributed by atoms with Crippen LogP contribution in [0.2, 0.25) is 0 Å². The van der Waals surface area contributed by atoms with Crippen LogP contribution in [-0.2, 0) is 4.79 Å². The zero-order chi connectivity index (χ0) is 25.0. The third-order valence-corrected chi connectivity index (χ3v) is 5.16. The van der Waals surface area contributed by atoms with Crippen LogP contribution in [0.15, 0.2) is 42.6 Å². The van der Waals surface area contributed by atoms with E-state index in [1.165, 1.54) is 12.1 Å². The summed E-state index contributed by atoms with van der Waals surface area (Å²) in [5.74, 6) is -6.60. The molecule has 1 amide bonds. The zero-order valence-electron chi connectivity index (χ0n) is 18.4. The average Bonchev–Trinajstić information content (AvgIpc) is 2.71. The number of nitrogens with zero attached hydrogens (tertiary/aromatic N) is 3. The van der Waals surface area contributed by atoms with Gasteiger partial charge in [0, 0.05) is 11.8 Å². The number of aryl methyl sites for hydroxylation is 1. The number of primary amides is 1. The van der Waals surface area contributed by atoms with E-state index >= 15 is 0 Å². The van der Waals surface area contributed by atoms with Crippen LogP contribution in [0.1, 0.15) is 37.4 Å². The molecule has 10 heteroatoms. The van der Waals surface area contributed by atoms with Gasteiger partial charge < -0.3 is 5.73 Å². The number of nitriles is 1. The number of halogens is 5. The Labute approximate surface area is 189 Å². The van der Waals surface area contributed by atoms with Gasteiger partial charge in [-0.3, -0.25) is 14.7 Å². The molecule has 1 aromatic heterocycles.